The highest BCUT2D eigenvalue weighted by Crippen LogP contribution is 2.54. The van der Waals surface area contributed by atoms with Gasteiger partial charge in [0.05, 0.1) is 11.5 Å². The molecule has 20 heavy (non-hydrogen) atoms. The molecule has 0 radical (unpaired) electrons. The van der Waals surface area contributed by atoms with Crippen LogP contribution in [0.4, 0.5) is 0 Å². The van der Waals surface area contributed by atoms with Gasteiger partial charge in [0.15, 0.2) is 0 Å². The summed E-state index contributed by atoms with van der Waals surface area (Å²) in [6, 6.07) is 0. The summed E-state index contributed by atoms with van der Waals surface area (Å²) in [6.45, 7) is 3.97. The summed E-state index contributed by atoms with van der Waals surface area (Å²) in [5, 5.41) is 19.9. The molecule has 110 valence electrons. The third kappa shape index (κ3) is 1.72. The van der Waals surface area contributed by atoms with Crippen LogP contribution in [-0.2, 0) is 14.3 Å². The lowest BCUT2D eigenvalue weighted by atomic mass is 9.79. The van der Waals surface area contributed by atoms with Crippen molar-refractivity contribution in [2.45, 2.75) is 39.2 Å². The molecule has 1 aliphatic heterocycles. The topological polar surface area (TPSA) is 83.8 Å². The molecule has 2 aliphatic carbocycles. The van der Waals surface area contributed by atoms with Gasteiger partial charge in [-0.2, -0.15) is 0 Å². The summed E-state index contributed by atoms with van der Waals surface area (Å²) in [5.41, 5.74) is 0.692. The first kappa shape index (κ1) is 13.6. The molecule has 5 nitrogen and oxygen atoms in total. The molecule has 5 heteroatoms. The highest BCUT2D eigenvalue weighted by atomic mass is 16.5. The van der Waals surface area contributed by atoms with Crippen molar-refractivity contribution in [2.24, 2.45) is 23.2 Å². The van der Waals surface area contributed by atoms with Crippen molar-refractivity contribution >= 4 is 11.9 Å². The minimum atomic E-state index is -1.08. The van der Waals surface area contributed by atoms with Crippen LogP contribution in [0.15, 0.2) is 11.1 Å². The Labute approximate surface area is 117 Å². The highest BCUT2D eigenvalue weighted by molar-refractivity contribution is 5.91. The number of carbonyl (C=O) groups excluding carboxylic acids is 1. The second-order valence-electron chi connectivity index (χ2n) is 6.75. The molecule has 1 heterocycles. The standard InChI is InChI=1S/C15H20O5/c1-7-3-10-9(6-20-13(10)17)4-8-5-15(2,14(18)19)12(16)11(7)8/h7-8,11-12,16H,3-6H2,1-2H3,(H,18,19)/t7-,8+,11+,12-,15+/m1/s1. The van der Waals surface area contributed by atoms with E-state index in [1.165, 1.54) is 0 Å². The number of fused-ring (bicyclic) bond motifs is 1. The lowest BCUT2D eigenvalue weighted by Gasteiger charge is -2.29. The maximum Gasteiger partial charge on any atom is 0.334 e. The highest BCUT2D eigenvalue weighted by Gasteiger charge is 2.57. The van der Waals surface area contributed by atoms with Crippen LogP contribution in [0, 0.1) is 23.2 Å². The van der Waals surface area contributed by atoms with E-state index in [9.17, 15) is 19.8 Å². The number of rotatable bonds is 1. The summed E-state index contributed by atoms with van der Waals surface area (Å²) < 4.78 is 5.09. The number of esters is 1. The molecule has 1 saturated carbocycles. The molecule has 3 aliphatic rings. The van der Waals surface area contributed by atoms with Gasteiger partial charge in [0.2, 0.25) is 0 Å². The van der Waals surface area contributed by atoms with Crippen molar-refractivity contribution in [2.75, 3.05) is 6.61 Å². The summed E-state index contributed by atoms with van der Waals surface area (Å²) in [7, 11) is 0. The maximum absolute atomic E-state index is 11.7. The molecule has 2 N–H and O–H groups in total. The van der Waals surface area contributed by atoms with Gasteiger partial charge in [0, 0.05) is 5.57 Å². The minimum Gasteiger partial charge on any atom is -0.481 e. The van der Waals surface area contributed by atoms with E-state index in [1.807, 2.05) is 6.92 Å². The van der Waals surface area contributed by atoms with Crippen molar-refractivity contribution in [3.05, 3.63) is 11.1 Å². The molecule has 3 rings (SSSR count). The Kier molecular flexibility index (Phi) is 2.94. The number of aliphatic hydroxyl groups is 1. The van der Waals surface area contributed by atoms with E-state index in [0.29, 0.717) is 25.9 Å². The van der Waals surface area contributed by atoms with Gasteiger partial charge >= 0.3 is 11.9 Å². The first-order chi connectivity index (χ1) is 9.34. The van der Waals surface area contributed by atoms with Gasteiger partial charge in [-0.05, 0) is 49.5 Å². The third-order valence-electron chi connectivity index (χ3n) is 5.48. The van der Waals surface area contributed by atoms with Crippen LogP contribution in [0.5, 0.6) is 0 Å². The quantitative estimate of drug-likeness (QED) is 0.708. The number of carbonyl (C=O) groups is 2. The number of hydrogen-bond acceptors (Lipinski definition) is 4. The van der Waals surface area contributed by atoms with Crippen molar-refractivity contribution < 1.29 is 24.5 Å². The van der Waals surface area contributed by atoms with E-state index in [4.69, 9.17) is 4.74 Å². The zero-order valence-electron chi connectivity index (χ0n) is 11.8. The molecule has 1 fully saturated rings. The number of aliphatic carboxylic acids is 1. The van der Waals surface area contributed by atoms with Gasteiger partial charge in [-0.25, -0.2) is 4.79 Å². The molecular formula is C15H20O5. The largest absolute Gasteiger partial charge is 0.481 e. The van der Waals surface area contributed by atoms with Crippen LogP contribution >= 0.6 is 0 Å². The average molecular weight is 280 g/mol. The van der Waals surface area contributed by atoms with Crippen LogP contribution in [-0.4, -0.2) is 34.9 Å². The smallest absolute Gasteiger partial charge is 0.334 e. The zero-order valence-corrected chi connectivity index (χ0v) is 11.8. The average Bonchev–Trinajstić information content (AvgIpc) is 2.78. The minimum absolute atomic E-state index is 0.0606. The number of hydrogen-bond donors (Lipinski definition) is 2. The van der Waals surface area contributed by atoms with Gasteiger partial charge in [-0.15, -0.1) is 0 Å². The van der Waals surface area contributed by atoms with Crippen molar-refractivity contribution in [1.29, 1.82) is 0 Å². The van der Waals surface area contributed by atoms with E-state index in [1.54, 1.807) is 6.92 Å². The van der Waals surface area contributed by atoms with Gasteiger partial charge < -0.3 is 14.9 Å². The van der Waals surface area contributed by atoms with E-state index in [0.717, 1.165) is 11.1 Å². The van der Waals surface area contributed by atoms with Gasteiger partial charge in [-0.1, -0.05) is 6.92 Å². The molecule has 0 bridgehead atoms. The lowest BCUT2D eigenvalue weighted by molar-refractivity contribution is -0.154. The summed E-state index contributed by atoms with van der Waals surface area (Å²) in [6.07, 6.45) is 0.873. The predicted octanol–water partition coefficient (Wildman–Crippen LogP) is 1.36. The third-order valence-corrected chi connectivity index (χ3v) is 5.48. The van der Waals surface area contributed by atoms with Crippen LogP contribution in [0.1, 0.15) is 33.1 Å². The SMILES string of the molecule is C[C@@H]1CC2=C(COC2=O)C[C@H]2C[C@](C)(C(=O)O)[C@H](O)[C@H]21. The fourth-order valence-electron chi connectivity index (χ4n) is 4.34. The number of aliphatic hydroxyl groups excluding tert-OH is 1. The van der Waals surface area contributed by atoms with Gasteiger partial charge in [0.1, 0.15) is 6.61 Å². The maximum atomic E-state index is 11.7. The first-order valence-electron chi connectivity index (χ1n) is 7.14. The van der Waals surface area contributed by atoms with Crippen molar-refractivity contribution in [1.82, 2.24) is 0 Å². The number of carboxylic acid groups (broad SMARTS) is 1. The molecule has 0 saturated heterocycles. The molecule has 0 unspecified atom stereocenters. The van der Waals surface area contributed by atoms with Crippen molar-refractivity contribution in [3.8, 4) is 0 Å². The van der Waals surface area contributed by atoms with E-state index in [2.05, 4.69) is 0 Å². The number of cyclic esters (lactones) is 1. The monoisotopic (exact) mass is 280 g/mol. The Morgan fingerprint density at radius 1 is 1.40 bits per heavy atom. The number of ether oxygens (including phenoxy) is 1. The van der Waals surface area contributed by atoms with Crippen LogP contribution in [0.3, 0.4) is 0 Å². The molecule has 0 aromatic carbocycles. The molecule has 0 spiro atoms. The molecule has 0 aromatic rings. The van der Waals surface area contributed by atoms with Crippen LogP contribution in [0.25, 0.3) is 0 Å². The fourth-order valence-corrected chi connectivity index (χ4v) is 4.34. The van der Waals surface area contributed by atoms with Gasteiger partial charge in [-0.3, -0.25) is 4.79 Å². The first-order valence-corrected chi connectivity index (χ1v) is 7.14. The van der Waals surface area contributed by atoms with Crippen LogP contribution < -0.4 is 0 Å². The second-order valence-corrected chi connectivity index (χ2v) is 6.75. The summed E-state index contributed by atoms with van der Waals surface area (Å²) >= 11 is 0. The van der Waals surface area contributed by atoms with E-state index >= 15 is 0 Å². The Hall–Kier alpha value is -1.36. The Bertz CT molecular complexity index is 508. The van der Waals surface area contributed by atoms with Crippen molar-refractivity contribution in [3.63, 3.8) is 0 Å². The van der Waals surface area contributed by atoms with E-state index < -0.39 is 17.5 Å². The fraction of sp³-hybridized carbons (Fsp3) is 0.733. The van der Waals surface area contributed by atoms with Gasteiger partial charge in [0.25, 0.3) is 0 Å². The molecule has 5 atom stereocenters. The normalized spacial score (nSPS) is 43.9. The Balaban J connectivity index is 1.94. The van der Waals surface area contributed by atoms with Crippen LogP contribution in [0.2, 0.25) is 0 Å². The Morgan fingerprint density at radius 3 is 2.75 bits per heavy atom. The summed E-state index contributed by atoms with van der Waals surface area (Å²) in [5.74, 6) is -1.02. The lowest BCUT2D eigenvalue weighted by Crippen LogP contribution is -2.39. The number of carboxylic acids is 1. The Morgan fingerprint density at radius 2 is 2.10 bits per heavy atom. The molecule has 0 amide bonds. The second kappa shape index (κ2) is 4.32. The zero-order chi connectivity index (χ0) is 14.7. The van der Waals surface area contributed by atoms with E-state index in [-0.39, 0.29) is 23.7 Å². The predicted molar refractivity (Wildman–Crippen MR) is 69.7 cm³/mol. The summed E-state index contributed by atoms with van der Waals surface area (Å²) in [4.78, 5) is 23.2. The molecular weight excluding hydrogens is 260 g/mol. The molecule has 0 aromatic heterocycles.